The number of aromatic nitrogens is 5. The van der Waals surface area contributed by atoms with Crippen molar-refractivity contribution in [2.75, 3.05) is 19.5 Å². The number of benzene rings is 1. The van der Waals surface area contributed by atoms with Crippen molar-refractivity contribution in [3.8, 4) is 5.75 Å². The van der Waals surface area contributed by atoms with Gasteiger partial charge < -0.3 is 15.0 Å². The lowest BCUT2D eigenvalue weighted by atomic mass is 9.82. The van der Waals surface area contributed by atoms with E-state index < -0.39 is 0 Å². The second-order valence-corrected chi connectivity index (χ2v) is 9.25. The van der Waals surface area contributed by atoms with Gasteiger partial charge >= 0.3 is 0 Å². The third kappa shape index (κ3) is 4.20. The Kier molecular flexibility index (Phi) is 5.88. The molecule has 1 aliphatic rings. The van der Waals surface area contributed by atoms with Gasteiger partial charge in [-0.1, -0.05) is 6.92 Å². The van der Waals surface area contributed by atoms with E-state index in [1.807, 2.05) is 35.0 Å². The Morgan fingerprint density at radius 1 is 1.26 bits per heavy atom. The van der Waals surface area contributed by atoms with Gasteiger partial charge in [-0.15, -0.1) is 0 Å². The van der Waals surface area contributed by atoms with Gasteiger partial charge in [0.1, 0.15) is 5.75 Å². The minimum absolute atomic E-state index is 0.100. The third-order valence-corrected chi connectivity index (χ3v) is 7.09. The molecule has 0 bridgehead atoms. The van der Waals surface area contributed by atoms with Crippen LogP contribution in [0.2, 0.25) is 0 Å². The lowest BCUT2D eigenvalue weighted by Crippen LogP contribution is -2.41. The fourth-order valence-electron chi connectivity index (χ4n) is 5.04. The highest BCUT2D eigenvalue weighted by Crippen LogP contribution is 2.36. The average molecular weight is 476 g/mol. The fourth-order valence-corrected chi connectivity index (χ4v) is 5.04. The minimum Gasteiger partial charge on any atom is -0.496 e. The molecule has 5 rings (SSSR count). The van der Waals surface area contributed by atoms with Crippen molar-refractivity contribution in [3.05, 3.63) is 48.4 Å². The zero-order chi connectivity index (χ0) is 24.7. The van der Waals surface area contributed by atoms with E-state index in [9.17, 15) is 9.59 Å². The molecule has 3 heterocycles. The Morgan fingerprint density at radius 2 is 2.09 bits per heavy atom. The summed E-state index contributed by atoms with van der Waals surface area (Å²) in [4.78, 5) is 31.1. The number of methoxy groups -OCH3 is 1. The summed E-state index contributed by atoms with van der Waals surface area (Å²) >= 11 is 0. The normalized spacial score (nSPS) is 20.2. The molecule has 2 amide bonds. The van der Waals surface area contributed by atoms with E-state index in [-0.39, 0.29) is 23.9 Å². The number of hydrogen-bond donors (Lipinski definition) is 1. The van der Waals surface area contributed by atoms with Crippen LogP contribution in [0.1, 0.15) is 49.5 Å². The van der Waals surface area contributed by atoms with Crippen LogP contribution in [0.4, 0.5) is 5.82 Å². The topological polar surface area (TPSA) is 107 Å². The van der Waals surface area contributed by atoms with Gasteiger partial charge in [0.2, 0.25) is 5.91 Å². The number of carbonyl (C=O) groups is 2. The molecule has 1 aromatic carbocycles. The van der Waals surface area contributed by atoms with Crippen molar-refractivity contribution in [3.63, 3.8) is 0 Å². The number of amides is 2. The number of rotatable bonds is 5. The van der Waals surface area contributed by atoms with E-state index in [1.165, 1.54) is 0 Å². The molecule has 3 atom stereocenters. The minimum atomic E-state index is -0.315. The summed E-state index contributed by atoms with van der Waals surface area (Å²) in [6.07, 6.45) is 8.01. The molecule has 1 fully saturated rings. The first-order valence-electron chi connectivity index (χ1n) is 11.8. The Hall–Kier alpha value is -3.95. The molecule has 0 radical (unpaired) electrons. The molecule has 1 saturated carbocycles. The average Bonchev–Trinajstić information content (AvgIpc) is 3.46. The molecule has 10 nitrogen and oxygen atoms in total. The highest BCUT2D eigenvalue weighted by Gasteiger charge is 2.32. The van der Waals surface area contributed by atoms with Crippen LogP contribution in [-0.2, 0) is 4.79 Å². The van der Waals surface area contributed by atoms with Crippen molar-refractivity contribution in [1.29, 1.82) is 0 Å². The molecular weight excluding hydrogens is 446 g/mol. The summed E-state index contributed by atoms with van der Waals surface area (Å²) in [6.45, 7) is 3.82. The van der Waals surface area contributed by atoms with E-state index in [1.54, 1.807) is 43.1 Å². The van der Waals surface area contributed by atoms with Crippen molar-refractivity contribution in [2.45, 2.75) is 45.2 Å². The predicted molar refractivity (Wildman–Crippen MR) is 132 cm³/mol. The lowest BCUT2D eigenvalue weighted by molar-refractivity contribution is -0.130. The van der Waals surface area contributed by atoms with Gasteiger partial charge in [-0.25, -0.2) is 4.98 Å². The van der Waals surface area contributed by atoms with Crippen molar-refractivity contribution in [1.82, 2.24) is 29.3 Å². The zero-order valence-corrected chi connectivity index (χ0v) is 20.3. The van der Waals surface area contributed by atoms with Crippen LogP contribution >= 0.6 is 0 Å². The molecule has 35 heavy (non-hydrogen) atoms. The maximum Gasteiger partial charge on any atom is 0.260 e. The maximum absolute atomic E-state index is 13.2. The van der Waals surface area contributed by atoms with Crippen molar-refractivity contribution in [2.24, 2.45) is 5.92 Å². The third-order valence-electron chi connectivity index (χ3n) is 7.09. The highest BCUT2D eigenvalue weighted by molar-refractivity contribution is 6.08. The van der Waals surface area contributed by atoms with Gasteiger partial charge in [-0.2, -0.15) is 14.7 Å². The SMILES string of the molecule is COc1cc2nn([C@H]3CCC(N(C)C(C)=O)CC3C)cc2cc1C(=O)Nc1cnc2cccnn12. The van der Waals surface area contributed by atoms with Crippen LogP contribution in [-0.4, -0.2) is 61.3 Å². The largest absolute Gasteiger partial charge is 0.496 e. The second kappa shape index (κ2) is 9.01. The van der Waals surface area contributed by atoms with E-state index in [2.05, 4.69) is 22.3 Å². The number of fused-ring (bicyclic) bond motifs is 2. The van der Waals surface area contributed by atoms with E-state index in [0.29, 0.717) is 28.7 Å². The van der Waals surface area contributed by atoms with Gasteiger partial charge in [-0.05, 0) is 43.4 Å². The Balaban J connectivity index is 1.40. The summed E-state index contributed by atoms with van der Waals surface area (Å²) in [5.41, 5.74) is 1.82. The van der Waals surface area contributed by atoms with Crippen LogP contribution in [0.3, 0.4) is 0 Å². The molecule has 4 aromatic rings. The molecule has 0 aliphatic heterocycles. The Bertz CT molecular complexity index is 1410. The maximum atomic E-state index is 13.2. The smallest absolute Gasteiger partial charge is 0.260 e. The van der Waals surface area contributed by atoms with E-state index in [0.717, 1.165) is 30.2 Å². The Morgan fingerprint density at radius 3 is 2.83 bits per heavy atom. The number of imidazole rings is 1. The highest BCUT2D eigenvalue weighted by atomic mass is 16.5. The molecule has 1 N–H and O–H groups in total. The first kappa shape index (κ1) is 22.8. The monoisotopic (exact) mass is 475 g/mol. The number of anilines is 1. The molecule has 2 unspecified atom stereocenters. The number of carbonyl (C=O) groups excluding carboxylic acids is 2. The van der Waals surface area contributed by atoms with Crippen LogP contribution in [0.25, 0.3) is 16.6 Å². The summed E-state index contributed by atoms with van der Waals surface area (Å²) in [6, 6.07) is 7.70. The first-order chi connectivity index (χ1) is 16.9. The van der Waals surface area contributed by atoms with Gasteiger partial charge in [0, 0.05) is 43.9 Å². The summed E-state index contributed by atoms with van der Waals surface area (Å²) in [7, 11) is 3.42. The fraction of sp³-hybridized carbons (Fsp3) is 0.400. The van der Waals surface area contributed by atoms with Crippen LogP contribution < -0.4 is 10.1 Å². The molecule has 10 heteroatoms. The van der Waals surface area contributed by atoms with E-state index >= 15 is 0 Å². The lowest BCUT2D eigenvalue weighted by Gasteiger charge is -2.38. The summed E-state index contributed by atoms with van der Waals surface area (Å²) < 4.78 is 9.11. The summed E-state index contributed by atoms with van der Waals surface area (Å²) in [5, 5.41) is 12.8. The quantitative estimate of drug-likeness (QED) is 0.473. The predicted octanol–water partition coefficient (Wildman–Crippen LogP) is 3.55. The second-order valence-electron chi connectivity index (χ2n) is 9.25. The molecule has 0 spiro atoms. The van der Waals surface area contributed by atoms with Gasteiger partial charge in [0.05, 0.1) is 30.4 Å². The van der Waals surface area contributed by atoms with Crippen LogP contribution in [0.5, 0.6) is 5.75 Å². The van der Waals surface area contributed by atoms with Crippen molar-refractivity contribution < 1.29 is 14.3 Å². The van der Waals surface area contributed by atoms with Gasteiger partial charge in [-0.3, -0.25) is 14.3 Å². The first-order valence-corrected chi connectivity index (χ1v) is 11.8. The van der Waals surface area contributed by atoms with Crippen LogP contribution in [0, 0.1) is 5.92 Å². The zero-order valence-electron chi connectivity index (χ0n) is 20.3. The number of nitrogens with one attached hydrogen (secondary N) is 1. The van der Waals surface area contributed by atoms with Gasteiger partial charge in [0.15, 0.2) is 11.5 Å². The summed E-state index contributed by atoms with van der Waals surface area (Å²) in [5.74, 6) is 1.07. The number of ether oxygens (including phenoxy) is 1. The molecule has 3 aromatic heterocycles. The standard InChI is InChI=1S/C25H29N7O3/c1-15-10-18(30(3)16(2)33)7-8-21(15)31-14-17-11-19(22(35-4)12-20(17)29-31)25(34)28-24-13-26-23-6-5-9-27-32(23)24/h5-6,9,11-15,18,21H,7-8,10H2,1-4H3,(H,28,34)/t15?,18?,21-/m0/s1. The molecule has 0 saturated heterocycles. The van der Waals surface area contributed by atoms with Gasteiger partial charge in [0.25, 0.3) is 5.91 Å². The molecule has 1 aliphatic carbocycles. The number of hydrogen-bond acceptors (Lipinski definition) is 6. The number of nitrogens with zero attached hydrogens (tertiary/aromatic N) is 6. The van der Waals surface area contributed by atoms with Crippen LogP contribution in [0.15, 0.2) is 42.9 Å². The van der Waals surface area contributed by atoms with Crippen molar-refractivity contribution >= 4 is 34.2 Å². The molecular formula is C25H29N7O3. The Labute approximate surface area is 202 Å². The molecule has 182 valence electrons. The van der Waals surface area contributed by atoms with E-state index in [4.69, 9.17) is 9.84 Å².